The molecule has 0 saturated heterocycles. The van der Waals surface area contributed by atoms with E-state index in [1.54, 1.807) is 27.4 Å². The Bertz CT molecular complexity index is 1100. The first-order valence-electron chi connectivity index (χ1n) is 12.1. The first kappa shape index (κ1) is 24.0. The predicted molar refractivity (Wildman–Crippen MR) is 138 cm³/mol. The second kappa shape index (κ2) is 11.8. The Labute approximate surface area is 214 Å². The topological polar surface area (TPSA) is 0 Å². The summed E-state index contributed by atoms with van der Waals surface area (Å²) >= 11 is 1.69. The fourth-order valence-corrected chi connectivity index (χ4v) is 5.61. The van der Waals surface area contributed by atoms with E-state index in [9.17, 15) is 0 Å². The average molecular weight is 508 g/mol. The number of hydrogen-bond donors (Lipinski definition) is 0. The number of hydrogen-bond acceptors (Lipinski definition) is 0. The van der Waals surface area contributed by atoms with E-state index in [0.717, 1.165) is 6.42 Å². The molecule has 1 fully saturated rings. The molecule has 6 rings (SSSR count). The third-order valence-electron chi connectivity index (χ3n) is 6.42. The Morgan fingerprint density at radius 3 is 2.18 bits per heavy atom. The molecule has 3 aliphatic rings. The Balaban J connectivity index is 0.000000124. The predicted octanol–water partition coefficient (Wildman–Crippen LogP) is 8.20. The van der Waals surface area contributed by atoms with E-state index in [1.807, 2.05) is 12.1 Å². The zero-order valence-electron chi connectivity index (χ0n) is 19.8. The molecular weight excluding hydrogens is 476 g/mol. The molecule has 33 heavy (non-hydrogen) atoms. The molecule has 1 unspecified atom stereocenters. The van der Waals surface area contributed by atoms with Crippen molar-refractivity contribution < 1.29 is 24.2 Å². The van der Waals surface area contributed by atoms with E-state index in [1.165, 1.54) is 71.1 Å². The summed E-state index contributed by atoms with van der Waals surface area (Å²) in [6.07, 6.45) is 14.0. The van der Waals surface area contributed by atoms with Crippen LogP contribution in [0.1, 0.15) is 62.6 Å². The van der Waals surface area contributed by atoms with E-state index in [0.29, 0.717) is 5.92 Å². The molecule has 0 radical (unpaired) electrons. The van der Waals surface area contributed by atoms with Gasteiger partial charge in [-0.1, -0.05) is 85.5 Å². The minimum Gasteiger partial charge on any atom is -0.179 e. The molecule has 3 aromatic carbocycles. The first-order valence-corrected chi connectivity index (χ1v) is 13.4. The molecule has 0 amide bonds. The van der Waals surface area contributed by atoms with Crippen LogP contribution < -0.4 is 0 Å². The molecule has 3 aliphatic carbocycles. The fraction of sp³-hybridized carbons (Fsp3) is 0.281. The van der Waals surface area contributed by atoms with E-state index in [2.05, 4.69) is 92.7 Å². The first-order chi connectivity index (χ1) is 16.1. The SMILES string of the molecule is CC1=[C-]C(C)C=C1c1ccccc1.[Zr+2]=[C]1CCCCC1.[c-]1cccc2c1Cc1ccccc1-2. The van der Waals surface area contributed by atoms with E-state index in [-0.39, 0.29) is 0 Å². The van der Waals surface area contributed by atoms with Gasteiger partial charge in [0.2, 0.25) is 0 Å². The van der Waals surface area contributed by atoms with Crippen molar-refractivity contribution in [1.82, 2.24) is 0 Å². The number of fused-ring (bicyclic) bond motifs is 3. The monoisotopic (exact) mass is 506 g/mol. The summed E-state index contributed by atoms with van der Waals surface area (Å²) in [5.74, 6) is 0.468. The van der Waals surface area contributed by atoms with Crippen LogP contribution in [0, 0.1) is 18.1 Å². The molecule has 0 spiro atoms. The standard InChI is InChI=1S/C13H9.C13H13.C6H10.Zr/c1-3-7-12-10(5-1)9-11-6-2-4-8-13(11)12;1-10-8-11(2)13(9-10)12-6-4-3-5-7-12;1-2-4-6-5-3-1;/h1-5,7-8H,9H2;3-7,9-10H,1-2H3;1-5H2;/q2*-1;;+2. The van der Waals surface area contributed by atoms with Crippen LogP contribution in [-0.2, 0) is 30.7 Å². The third-order valence-corrected chi connectivity index (χ3v) is 7.65. The van der Waals surface area contributed by atoms with Crippen LogP contribution in [0.2, 0.25) is 0 Å². The van der Waals surface area contributed by atoms with Gasteiger partial charge in [0, 0.05) is 0 Å². The van der Waals surface area contributed by atoms with Gasteiger partial charge in [-0.3, -0.25) is 6.08 Å². The normalized spacial score (nSPS) is 18.1. The van der Waals surface area contributed by atoms with Crippen molar-refractivity contribution in [3.63, 3.8) is 0 Å². The van der Waals surface area contributed by atoms with Gasteiger partial charge in [-0.25, -0.2) is 5.57 Å². The van der Waals surface area contributed by atoms with Crippen LogP contribution in [0.25, 0.3) is 16.7 Å². The van der Waals surface area contributed by atoms with Gasteiger partial charge < -0.3 is 0 Å². The number of allylic oxidation sites excluding steroid dienone is 4. The minimum atomic E-state index is 0.468. The van der Waals surface area contributed by atoms with Crippen molar-refractivity contribution in [2.24, 2.45) is 5.92 Å². The molecule has 0 N–H and O–H groups in total. The summed E-state index contributed by atoms with van der Waals surface area (Å²) in [4.78, 5) is 0. The van der Waals surface area contributed by atoms with Crippen LogP contribution in [0.3, 0.4) is 0 Å². The second-order valence-corrected chi connectivity index (χ2v) is 10.8. The fourth-order valence-electron chi connectivity index (χ4n) is 4.74. The Morgan fingerprint density at radius 1 is 0.818 bits per heavy atom. The minimum absolute atomic E-state index is 0.468. The Hall–Kier alpha value is -2.11. The summed E-state index contributed by atoms with van der Waals surface area (Å²) in [6.45, 7) is 4.29. The molecule has 0 heterocycles. The molecule has 1 atom stereocenters. The zero-order chi connectivity index (χ0) is 23.0. The van der Waals surface area contributed by atoms with Gasteiger partial charge in [0.25, 0.3) is 0 Å². The van der Waals surface area contributed by atoms with Crippen LogP contribution in [0.4, 0.5) is 0 Å². The Morgan fingerprint density at radius 2 is 1.52 bits per heavy atom. The van der Waals surface area contributed by atoms with Crippen LogP contribution >= 0.6 is 0 Å². The van der Waals surface area contributed by atoms with Crippen molar-refractivity contribution in [3.05, 3.63) is 113 Å². The summed E-state index contributed by atoms with van der Waals surface area (Å²) in [7, 11) is 0. The largest absolute Gasteiger partial charge is 0.179 e. The zero-order valence-corrected chi connectivity index (χ0v) is 22.3. The molecule has 0 bridgehead atoms. The van der Waals surface area contributed by atoms with Crippen molar-refractivity contribution in [2.75, 3.05) is 0 Å². The van der Waals surface area contributed by atoms with Crippen molar-refractivity contribution >= 4 is 8.78 Å². The maximum absolute atomic E-state index is 3.39. The summed E-state index contributed by atoms with van der Waals surface area (Å²) < 4.78 is 1.80. The molecule has 164 valence electrons. The number of rotatable bonds is 1. The van der Waals surface area contributed by atoms with Gasteiger partial charge in [0.1, 0.15) is 0 Å². The quantitative estimate of drug-likeness (QED) is 0.228. The molecule has 0 nitrogen and oxygen atoms in total. The van der Waals surface area contributed by atoms with Gasteiger partial charge in [-0.15, -0.1) is 11.1 Å². The summed E-state index contributed by atoms with van der Waals surface area (Å²) in [6, 6.07) is 28.6. The molecular formula is C32H32Zr. The molecule has 0 aliphatic heterocycles. The van der Waals surface area contributed by atoms with Gasteiger partial charge >= 0.3 is 59.5 Å². The molecule has 1 saturated carbocycles. The summed E-state index contributed by atoms with van der Waals surface area (Å²) in [5, 5.41) is 0. The molecule has 1 heteroatoms. The van der Waals surface area contributed by atoms with Gasteiger partial charge in [-0.05, 0) is 6.42 Å². The van der Waals surface area contributed by atoms with Gasteiger partial charge in [0.15, 0.2) is 0 Å². The van der Waals surface area contributed by atoms with Crippen molar-refractivity contribution in [2.45, 2.75) is 52.4 Å². The third kappa shape index (κ3) is 6.48. The van der Waals surface area contributed by atoms with Gasteiger partial charge in [-0.2, -0.15) is 41.5 Å². The van der Waals surface area contributed by atoms with Crippen molar-refractivity contribution in [3.8, 4) is 11.1 Å². The average Bonchev–Trinajstić information content (AvgIpc) is 3.40. The summed E-state index contributed by atoms with van der Waals surface area (Å²) in [5.41, 5.74) is 9.43. The van der Waals surface area contributed by atoms with Crippen molar-refractivity contribution in [1.29, 1.82) is 0 Å². The smallest absolute Gasteiger partial charge is 0.0253 e. The second-order valence-electron chi connectivity index (χ2n) is 9.06. The van der Waals surface area contributed by atoms with Crippen LogP contribution in [-0.4, -0.2) is 3.21 Å². The van der Waals surface area contributed by atoms with Crippen LogP contribution in [0.5, 0.6) is 0 Å². The van der Waals surface area contributed by atoms with Gasteiger partial charge in [0.05, 0.1) is 0 Å². The maximum Gasteiger partial charge on any atom is -0.0253 e. The molecule has 3 aromatic rings. The van der Waals surface area contributed by atoms with E-state index >= 15 is 0 Å². The molecule has 0 aromatic heterocycles. The van der Waals surface area contributed by atoms with E-state index in [4.69, 9.17) is 0 Å². The maximum atomic E-state index is 3.39. The van der Waals surface area contributed by atoms with E-state index < -0.39 is 0 Å². The number of benzene rings is 3. The Kier molecular flexibility index (Phi) is 8.63. The van der Waals surface area contributed by atoms with Crippen LogP contribution in [0.15, 0.2) is 84.4 Å².